The van der Waals surface area contributed by atoms with Gasteiger partial charge in [-0.05, 0) is 48.7 Å². The van der Waals surface area contributed by atoms with Gasteiger partial charge in [0.05, 0.1) is 12.7 Å². The molecule has 2 aromatic rings. The maximum Gasteiger partial charge on any atom is 0.335 e. The average molecular weight is 367 g/mol. The fourth-order valence-electron chi connectivity index (χ4n) is 2.29. The van der Waals surface area contributed by atoms with Gasteiger partial charge in [0.15, 0.2) is 0 Å². The van der Waals surface area contributed by atoms with Gasteiger partial charge in [-0.3, -0.25) is 0 Å². The summed E-state index contributed by atoms with van der Waals surface area (Å²) in [7, 11) is -2.64. The van der Waals surface area contributed by atoms with Crippen molar-refractivity contribution in [2.24, 2.45) is 0 Å². The van der Waals surface area contributed by atoms with Gasteiger partial charge in [-0.2, -0.15) is 0 Å². The van der Waals surface area contributed by atoms with E-state index in [4.69, 9.17) is 9.84 Å². The molecule has 0 heterocycles. The van der Waals surface area contributed by atoms with E-state index in [9.17, 15) is 17.6 Å². The predicted molar refractivity (Wildman–Crippen MR) is 90.0 cm³/mol. The van der Waals surface area contributed by atoms with E-state index < -0.39 is 26.7 Å². The van der Waals surface area contributed by atoms with Crippen LogP contribution in [0.4, 0.5) is 4.39 Å². The van der Waals surface area contributed by atoms with Crippen molar-refractivity contribution in [1.82, 2.24) is 4.72 Å². The van der Waals surface area contributed by atoms with E-state index in [1.807, 2.05) is 6.07 Å². The zero-order valence-corrected chi connectivity index (χ0v) is 14.6. The van der Waals surface area contributed by atoms with E-state index in [0.29, 0.717) is 12.2 Å². The van der Waals surface area contributed by atoms with Gasteiger partial charge < -0.3 is 9.84 Å². The standard InChI is InChI=1S/C17H18FNO5S/c1-11-8-13(17(20)21)10-15(16(11)18)25(22,23)19-7-6-12-4-3-5-14(9-12)24-2/h3-5,8-10,19H,6-7H2,1-2H3,(H,20,21). The van der Waals surface area contributed by atoms with Crippen LogP contribution in [0.2, 0.25) is 0 Å². The van der Waals surface area contributed by atoms with Gasteiger partial charge >= 0.3 is 5.97 Å². The normalized spacial score (nSPS) is 11.3. The lowest BCUT2D eigenvalue weighted by Gasteiger charge is -2.11. The molecule has 0 saturated heterocycles. The third-order valence-electron chi connectivity index (χ3n) is 3.60. The second-order valence-corrected chi connectivity index (χ2v) is 7.15. The lowest BCUT2D eigenvalue weighted by Crippen LogP contribution is -2.27. The molecule has 0 radical (unpaired) electrons. The van der Waals surface area contributed by atoms with Crippen molar-refractivity contribution in [3.63, 3.8) is 0 Å². The highest BCUT2D eigenvalue weighted by Gasteiger charge is 2.22. The highest BCUT2D eigenvalue weighted by atomic mass is 32.2. The monoisotopic (exact) mass is 367 g/mol. The minimum atomic E-state index is -4.17. The van der Waals surface area contributed by atoms with Crippen molar-refractivity contribution in [3.8, 4) is 5.75 Å². The van der Waals surface area contributed by atoms with Crippen molar-refractivity contribution in [2.75, 3.05) is 13.7 Å². The van der Waals surface area contributed by atoms with Crippen LogP contribution in [0, 0.1) is 12.7 Å². The number of rotatable bonds is 7. The quantitative estimate of drug-likeness (QED) is 0.784. The van der Waals surface area contributed by atoms with Crippen LogP contribution in [0.15, 0.2) is 41.3 Å². The van der Waals surface area contributed by atoms with Crippen LogP contribution in [0.25, 0.3) is 0 Å². The van der Waals surface area contributed by atoms with Crippen LogP contribution in [-0.4, -0.2) is 33.1 Å². The largest absolute Gasteiger partial charge is 0.497 e. The number of ether oxygens (including phenoxy) is 1. The first-order valence-electron chi connectivity index (χ1n) is 7.40. The molecule has 6 nitrogen and oxygen atoms in total. The number of nitrogens with one attached hydrogen (secondary N) is 1. The first-order chi connectivity index (χ1) is 11.7. The number of hydrogen-bond acceptors (Lipinski definition) is 4. The zero-order valence-electron chi connectivity index (χ0n) is 13.7. The number of carboxylic acid groups (broad SMARTS) is 1. The smallest absolute Gasteiger partial charge is 0.335 e. The highest BCUT2D eigenvalue weighted by molar-refractivity contribution is 7.89. The number of halogens is 1. The Morgan fingerprint density at radius 1 is 1.28 bits per heavy atom. The summed E-state index contributed by atoms with van der Waals surface area (Å²) in [5.74, 6) is -1.63. The Morgan fingerprint density at radius 3 is 2.64 bits per heavy atom. The molecule has 0 spiro atoms. The number of aromatic carboxylic acids is 1. The molecular weight excluding hydrogens is 349 g/mol. The second-order valence-electron chi connectivity index (χ2n) is 5.41. The molecule has 0 aromatic heterocycles. The molecule has 0 atom stereocenters. The van der Waals surface area contributed by atoms with E-state index in [0.717, 1.165) is 17.7 Å². The molecule has 0 unspecified atom stereocenters. The summed E-state index contributed by atoms with van der Waals surface area (Å²) in [5, 5.41) is 9.01. The number of aryl methyl sites for hydroxylation is 1. The lowest BCUT2D eigenvalue weighted by atomic mass is 10.1. The van der Waals surface area contributed by atoms with Crippen LogP contribution in [0.3, 0.4) is 0 Å². The Labute approximate surface area is 145 Å². The number of carbonyl (C=O) groups is 1. The molecule has 2 rings (SSSR count). The van der Waals surface area contributed by atoms with Crippen LogP contribution in [0.5, 0.6) is 5.75 Å². The molecule has 0 aliphatic carbocycles. The molecule has 0 saturated carbocycles. The molecular formula is C17H18FNO5S. The Morgan fingerprint density at radius 2 is 2.00 bits per heavy atom. The lowest BCUT2D eigenvalue weighted by molar-refractivity contribution is 0.0696. The van der Waals surface area contributed by atoms with E-state index in [1.165, 1.54) is 14.0 Å². The summed E-state index contributed by atoms with van der Waals surface area (Å²) >= 11 is 0. The molecule has 2 aromatic carbocycles. The van der Waals surface area contributed by atoms with Crippen molar-refractivity contribution in [1.29, 1.82) is 0 Å². The van der Waals surface area contributed by atoms with Crippen molar-refractivity contribution in [3.05, 3.63) is 58.9 Å². The summed E-state index contributed by atoms with van der Waals surface area (Å²) in [6.07, 6.45) is 0.371. The molecule has 134 valence electrons. The third-order valence-corrected chi connectivity index (χ3v) is 5.06. The van der Waals surface area contributed by atoms with Crippen molar-refractivity contribution >= 4 is 16.0 Å². The molecule has 0 amide bonds. The fraction of sp³-hybridized carbons (Fsp3) is 0.235. The first-order valence-corrected chi connectivity index (χ1v) is 8.89. The zero-order chi connectivity index (χ0) is 18.6. The molecule has 0 aliphatic rings. The van der Waals surface area contributed by atoms with E-state index >= 15 is 0 Å². The molecule has 0 fully saturated rings. The van der Waals surface area contributed by atoms with Crippen molar-refractivity contribution in [2.45, 2.75) is 18.2 Å². The van der Waals surface area contributed by atoms with Gasteiger partial charge in [0.25, 0.3) is 0 Å². The fourth-order valence-corrected chi connectivity index (χ4v) is 3.50. The maximum absolute atomic E-state index is 14.2. The minimum Gasteiger partial charge on any atom is -0.497 e. The van der Waals surface area contributed by atoms with E-state index in [-0.39, 0.29) is 17.7 Å². The summed E-state index contributed by atoms with van der Waals surface area (Å²) in [4.78, 5) is 10.4. The Kier molecular flexibility index (Phi) is 5.76. The van der Waals surface area contributed by atoms with Gasteiger partial charge in [-0.25, -0.2) is 22.3 Å². The summed E-state index contributed by atoms with van der Waals surface area (Å²) in [6.45, 7) is 1.35. The van der Waals surface area contributed by atoms with Gasteiger partial charge in [0.1, 0.15) is 16.5 Å². The SMILES string of the molecule is COc1cccc(CCNS(=O)(=O)c2cc(C(=O)O)cc(C)c2F)c1. The van der Waals surface area contributed by atoms with Crippen molar-refractivity contribution < 1.29 is 27.4 Å². The minimum absolute atomic E-state index is 0.0330. The number of sulfonamides is 1. The number of carboxylic acids is 1. The van der Waals surface area contributed by atoms with Crippen LogP contribution in [-0.2, 0) is 16.4 Å². The van der Waals surface area contributed by atoms with Gasteiger partial charge in [0, 0.05) is 6.54 Å². The van der Waals surface area contributed by atoms with E-state index in [1.54, 1.807) is 18.2 Å². The summed E-state index contributed by atoms with van der Waals surface area (Å²) < 4.78 is 46.2. The van der Waals surface area contributed by atoms with Gasteiger partial charge in [-0.1, -0.05) is 12.1 Å². The third kappa shape index (κ3) is 4.55. The Balaban J connectivity index is 2.17. The topological polar surface area (TPSA) is 92.7 Å². The molecule has 0 aliphatic heterocycles. The molecule has 8 heteroatoms. The second kappa shape index (κ2) is 7.62. The van der Waals surface area contributed by atoms with Gasteiger partial charge in [0.2, 0.25) is 10.0 Å². The Bertz CT molecular complexity index is 896. The number of benzene rings is 2. The number of hydrogen-bond donors (Lipinski definition) is 2. The van der Waals surface area contributed by atoms with Gasteiger partial charge in [-0.15, -0.1) is 0 Å². The predicted octanol–water partition coefficient (Wildman–Crippen LogP) is 2.36. The van der Waals surface area contributed by atoms with Crippen LogP contribution >= 0.6 is 0 Å². The molecule has 2 N–H and O–H groups in total. The first kappa shape index (κ1) is 18.9. The highest BCUT2D eigenvalue weighted by Crippen LogP contribution is 2.20. The van der Waals surface area contributed by atoms with E-state index in [2.05, 4.69) is 4.72 Å². The average Bonchev–Trinajstić information content (AvgIpc) is 2.56. The number of methoxy groups -OCH3 is 1. The summed E-state index contributed by atoms with van der Waals surface area (Å²) in [5.41, 5.74) is 0.512. The molecule has 0 bridgehead atoms. The Hall–Kier alpha value is -2.45. The van der Waals surface area contributed by atoms with Crippen LogP contribution in [0.1, 0.15) is 21.5 Å². The van der Waals surface area contributed by atoms with Crippen LogP contribution < -0.4 is 9.46 Å². The maximum atomic E-state index is 14.2. The molecule has 25 heavy (non-hydrogen) atoms. The summed E-state index contributed by atoms with van der Waals surface area (Å²) in [6, 6.07) is 9.04.